The van der Waals surface area contributed by atoms with Crippen LogP contribution in [0, 0.1) is 0 Å². The Bertz CT molecular complexity index is 713. The van der Waals surface area contributed by atoms with Crippen LogP contribution in [0.1, 0.15) is 31.2 Å². The average molecular weight is 409 g/mol. The quantitative estimate of drug-likeness (QED) is 0.259. The molecule has 0 spiro atoms. The van der Waals surface area contributed by atoms with Gasteiger partial charge in [-0.15, -0.1) is 34.0 Å². The van der Waals surface area contributed by atoms with Crippen LogP contribution in [0.4, 0.5) is 0 Å². The normalized spacial score (nSPS) is 11.2. The summed E-state index contributed by atoms with van der Waals surface area (Å²) in [6.45, 7) is 1.69. The maximum atomic E-state index is 5.88. The van der Waals surface area contributed by atoms with Crippen molar-refractivity contribution >= 4 is 46.6 Å². The fraction of sp³-hybridized carbons (Fsp3) is 0.400. The number of thiol groups is 1. The van der Waals surface area contributed by atoms with E-state index in [4.69, 9.17) is 4.74 Å². The van der Waals surface area contributed by atoms with E-state index >= 15 is 0 Å². The van der Waals surface area contributed by atoms with Crippen LogP contribution in [0.25, 0.3) is 19.5 Å². The van der Waals surface area contributed by atoms with Gasteiger partial charge in [-0.05, 0) is 59.5 Å². The van der Waals surface area contributed by atoms with Crippen molar-refractivity contribution in [2.24, 2.45) is 0 Å². The summed E-state index contributed by atoms with van der Waals surface area (Å²) in [6, 6.07) is 11.1. The highest BCUT2D eigenvalue weighted by Crippen LogP contribution is 2.41. The first-order valence-corrected chi connectivity index (χ1v) is 12.0. The fourth-order valence-electron chi connectivity index (χ4n) is 2.72. The summed E-state index contributed by atoms with van der Waals surface area (Å²) in [4.78, 5) is 5.52. The van der Waals surface area contributed by atoms with Crippen molar-refractivity contribution in [1.29, 1.82) is 0 Å². The molecule has 0 aliphatic rings. The molecule has 1 nitrogen and oxygen atoms in total. The van der Waals surface area contributed by atoms with Crippen molar-refractivity contribution in [2.75, 3.05) is 19.0 Å². The third-order valence-corrected chi connectivity index (χ3v) is 7.64. The lowest BCUT2D eigenvalue weighted by Crippen LogP contribution is -2.00. The molecular formula is C20H24OS4. The average Bonchev–Trinajstić information content (AvgIpc) is 3.38. The molecule has 0 aliphatic carbocycles. The second-order valence-corrected chi connectivity index (χ2v) is 9.31. The van der Waals surface area contributed by atoms with Gasteiger partial charge in [0, 0.05) is 26.1 Å². The summed E-state index contributed by atoms with van der Waals surface area (Å²) in [7, 11) is 0. The maximum Gasteiger partial charge on any atom is 0.0506 e. The molecule has 0 saturated carbocycles. The van der Waals surface area contributed by atoms with Crippen LogP contribution >= 0.6 is 46.6 Å². The van der Waals surface area contributed by atoms with Gasteiger partial charge in [0.25, 0.3) is 0 Å². The number of ether oxygens (including phenoxy) is 1. The van der Waals surface area contributed by atoms with Crippen LogP contribution in [0.5, 0.6) is 0 Å². The molecule has 0 amide bonds. The SMILES string of the molecule is SCCCCCCOCCc1cc(-c2cccs2)sc1-c1cccs1. The van der Waals surface area contributed by atoms with Crippen molar-refractivity contribution in [3.05, 3.63) is 46.7 Å². The Balaban J connectivity index is 1.56. The van der Waals surface area contributed by atoms with E-state index in [9.17, 15) is 0 Å². The predicted molar refractivity (Wildman–Crippen MR) is 118 cm³/mol. The van der Waals surface area contributed by atoms with Crippen molar-refractivity contribution in [3.8, 4) is 19.5 Å². The second kappa shape index (κ2) is 10.5. The van der Waals surface area contributed by atoms with E-state index in [0.717, 1.165) is 31.8 Å². The van der Waals surface area contributed by atoms with Gasteiger partial charge < -0.3 is 4.74 Å². The first-order valence-electron chi connectivity index (χ1n) is 8.77. The van der Waals surface area contributed by atoms with Gasteiger partial charge in [0.2, 0.25) is 0 Å². The molecule has 0 aromatic carbocycles. The first kappa shape index (κ1) is 19.2. The van der Waals surface area contributed by atoms with E-state index in [1.807, 2.05) is 34.0 Å². The molecular weight excluding hydrogens is 384 g/mol. The number of rotatable bonds is 11. The molecule has 0 fully saturated rings. The Hall–Kier alpha value is -0.590. The van der Waals surface area contributed by atoms with E-state index in [1.165, 1.54) is 44.3 Å². The lowest BCUT2D eigenvalue weighted by molar-refractivity contribution is 0.133. The zero-order valence-electron chi connectivity index (χ0n) is 14.3. The minimum absolute atomic E-state index is 0.811. The monoisotopic (exact) mass is 408 g/mol. The fourth-order valence-corrected chi connectivity index (χ4v) is 5.87. The van der Waals surface area contributed by atoms with Crippen LogP contribution in [-0.2, 0) is 11.2 Å². The van der Waals surface area contributed by atoms with Crippen molar-refractivity contribution < 1.29 is 4.74 Å². The van der Waals surface area contributed by atoms with E-state index in [0.29, 0.717) is 0 Å². The lowest BCUT2D eigenvalue weighted by atomic mass is 10.1. The summed E-state index contributed by atoms with van der Waals surface area (Å²) >= 11 is 9.80. The van der Waals surface area contributed by atoms with Gasteiger partial charge in [-0.2, -0.15) is 12.6 Å². The Kier molecular flexibility index (Phi) is 8.08. The van der Waals surface area contributed by atoms with Crippen LogP contribution in [0.15, 0.2) is 41.1 Å². The zero-order chi connectivity index (χ0) is 17.3. The Morgan fingerprint density at radius 2 is 1.60 bits per heavy atom. The summed E-state index contributed by atoms with van der Waals surface area (Å²) in [5.41, 5.74) is 1.42. The smallest absolute Gasteiger partial charge is 0.0506 e. The number of hydrogen-bond acceptors (Lipinski definition) is 5. The van der Waals surface area contributed by atoms with Crippen molar-refractivity contribution in [2.45, 2.75) is 32.1 Å². The molecule has 0 bridgehead atoms. The molecule has 134 valence electrons. The largest absolute Gasteiger partial charge is 0.381 e. The molecule has 5 heteroatoms. The molecule has 0 saturated heterocycles. The minimum atomic E-state index is 0.811. The van der Waals surface area contributed by atoms with E-state index in [2.05, 4.69) is 53.7 Å². The Morgan fingerprint density at radius 1 is 0.840 bits per heavy atom. The maximum absolute atomic E-state index is 5.88. The molecule has 0 atom stereocenters. The predicted octanol–water partition coefficient (Wildman–Crippen LogP) is 7.25. The summed E-state index contributed by atoms with van der Waals surface area (Å²) in [5.74, 6) is 0.997. The summed E-state index contributed by atoms with van der Waals surface area (Å²) in [5, 5.41) is 4.31. The van der Waals surface area contributed by atoms with Gasteiger partial charge in [0.1, 0.15) is 0 Å². The van der Waals surface area contributed by atoms with E-state index in [-0.39, 0.29) is 0 Å². The highest BCUT2D eigenvalue weighted by Gasteiger charge is 2.13. The number of hydrogen-bond donors (Lipinski definition) is 1. The molecule has 3 aromatic heterocycles. The van der Waals surface area contributed by atoms with Gasteiger partial charge in [0.05, 0.1) is 6.61 Å². The molecule has 3 rings (SSSR count). The van der Waals surface area contributed by atoms with Crippen molar-refractivity contribution in [1.82, 2.24) is 0 Å². The van der Waals surface area contributed by atoms with Gasteiger partial charge in [-0.3, -0.25) is 0 Å². The van der Waals surface area contributed by atoms with Gasteiger partial charge in [-0.25, -0.2) is 0 Å². The number of unbranched alkanes of at least 4 members (excludes halogenated alkanes) is 3. The zero-order valence-corrected chi connectivity index (χ0v) is 17.6. The summed E-state index contributed by atoms with van der Waals surface area (Å²) < 4.78 is 5.88. The molecule has 0 aliphatic heterocycles. The third-order valence-electron chi connectivity index (χ3n) is 4.03. The molecule has 0 unspecified atom stereocenters. The van der Waals surface area contributed by atoms with E-state index < -0.39 is 0 Å². The first-order chi connectivity index (χ1) is 12.4. The number of thiophene rings is 3. The Labute approximate surface area is 168 Å². The topological polar surface area (TPSA) is 9.23 Å². The third kappa shape index (κ3) is 5.69. The molecule has 25 heavy (non-hydrogen) atoms. The molecule has 3 heterocycles. The van der Waals surface area contributed by atoms with Crippen LogP contribution in [0.3, 0.4) is 0 Å². The van der Waals surface area contributed by atoms with E-state index in [1.54, 1.807) is 0 Å². The van der Waals surface area contributed by atoms with Gasteiger partial charge in [0.15, 0.2) is 0 Å². The molecule has 0 radical (unpaired) electrons. The minimum Gasteiger partial charge on any atom is -0.381 e. The standard InChI is InChI=1S/C20H24OS4/c22-12-4-2-1-3-10-21-11-9-16-15-19(17-7-5-13-23-17)25-20(16)18-8-6-14-24-18/h5-8,13-15,22H,1-4,9-12H2. The van der Waals surface area contributed by atoms with Gasteiger partial charge >= 0.3 is 0 Å². The van der Waals surface area contributed by atoms with Crippen LogP contribution in [-0.4, -0.2) is 19.0 Å². The molecule has 0 N–H and O–H groups in total. The summed E-state index contributed by atoms with van der Waals surface area (Å²) in [6.07, 6.45) is 5.89. The van der Waals surface area contributed by atoms with Crippen molar-refractivity contribution in [3.63, 3.8) is 0 Å². The lowest BCUT2D eigenvalue weighted by Gasteiger charge is -2.05. The molecule has 3 aromatic rings. The highest BCUT2D eigenvalue weighted by atomic mass is 32.1. The van der Waals surface area contributed by atoms with Gasteiger partial charge in [-0.1, -0.05) is 25.0 Å². The second-order valence-electron chi connectivity index (χ2n) is 5.92. The highest BCUT2D eigenvalue weighted by molar-refractivity contribution is 7.80. The Morgan fingerprint density at radius 3 is 2.32 bits per heavy atom. The van der Waals surface area contributed by atoms with Crippen LogP contribution in [0.2, 0.25) is 0 Å². The van der Waals surface area contributed by atoms with Crippen LogP contribution < -0.4 is 0 Å².